The molecule has 1 atom stereocenters. The SMILES string of the molecule is CC[C@H](Oc1cccc2ccccc12)C(=O)NCc1ccc(OC)cc1. The first-order valence-corrected chi connectivity index (χ1v) is 8.76. The molecule has 0 fully saturated rings. The van der Waals surface area contributed by atoms with Gasteiger partial charge >= 0.3 is 0 Å². The summed E-state index contributed by atoms with van der Waals surface area (Å²) in [6.45, 7) is 2.40. The summed E-state index contributed by atoms with van der Waals surface area (Å²) in [4.78, 5) is 12.6. The molecule has 0 bridgehead atoms. The van der Waals surface area contributed by atoms with E-state index in [0.717, 1.165) is 27.8 Å². The minimum absolute atomic E-state index is 0.115. The van der Waals surface area contributed by atoms with Gasteiger partial charge in [-0.3, -0.25) is 4.79 Å². The Labute approximate surface area is 153 Å². The number of benzene rings is 3. The minimum atomic E-state index is -0.529. The number of amides is 1. The van der Waals surface area contributed by atoms with Crippen molar-refractivity contribution in [3.05, 3.63) is 72.3 Å². The average molecular weight is 349 g/mol. The van der Waals surface area contributed by atoms with E-state index in [-0.39, 0.29) is 5.91 Å². The lowest BCUT2D eigenvalue weighted by Crippen LogP contribution is -2.37. The molecule has 1 amide bonds. The van der Waals surface area contributed by atoms with Gasteiger partial charge in [-0.2, -0.15) is 0 Å². The molecule has 0 aliphatic heterocycles. The molecule has 0 radical (unpaired) electrons. The molecule has 26 heavy (non-hydrogen) atoms. The number of rotatable bonds is 7. The highest BCUT2D eigenvalue weighted by molar-refractivity contribution is 5.89. The Kier molecular flexibility index (Phi) is 5.74. The zero-order valence-electron chi connectivity index (χ0n) is 15.1. The van der Waals surface area contributed by atoms with Crippen molar-refractivity contribution in [2.45, 2.75) is 26.0 Å². The van der Waals surface area contributed by atoms with Gasteiger partial charge in [0.25, 0.3) is 5.91 Å². The van der Waals surface area contributed by atoms with Crippen molar-refractivity contribution < 1.29 is 14.3 Å². The summed E-state index contributed by atoms with van der Waals surface area (Å²) in [7, 11) is 1.63. The van der Waals surface area contributed by atoms with Crippen LogP contribution in [-0.2, 0) is 11.3 Å². The van der Waals surface area contributed by atoms with E-state index in [1.54, 1.807) is 7.11 Å². The zero-order valence-corrected chi connectivity index (χ0v) is 15.1. The monoisotopic (exact) mass is 349 g/mol. The van der Waals surface area contributed by atoms with Gasteiger partial charge in [0.05, 0.1) is 7.11 Å². The lowest BCUT2D eigenvalue weighted by molar-refractivity contribution is -0.128. The van der Waals surface area contributed by atoms with Crippen LogP contribution in [0.3, 0.4) is 0 Å². The van der Waals surface area contributed by atoms with Gasteiger partial charge in [-0.1, -0.05) is 55.5 Å². The second kappa shape index (κ2) is 8.39. The third-order valence-corrected chi connectivity index (χ3v) is 4.31. The highest BCUT2D eigenvalue weighted by atomic mass is 16.5. The van der Waals surface area contributed by atoms with Crippen LogP contribution >= 0.6 is 0 Å². The maximum absolute atomic E-state index is 12.6. The van der Waals surface area contributed by atoms with E-state index >= 15 is 0 Å². The molecular weight excluding hydrogens is 326 g/mol. The fourth-order valence-corrected chi connectivity index (χ4v) is 2.82. The maximum atomic E-state index is 12.6. The first kappa shape index (κ1) is 17.8. The predicted molar refractivity (Wildman–Crippen MR) is 103 cm³/mol. The summed E-state index contributed by atoms with van der Waals surface area (Å²) < 4.78 is 11.2. The molecule has 0 saturated heterocycles. The summed E-state index contributed by atoms with van der Waals surface area (Å²) in [6.07, 6.45) is 0.0663. The third-order valence-electron chi connectivity index (χ3n) is 4.31. The summed E-state index contributed by atoms with van der Waals surface area (Å²) in [5.41, 5.74) is 1.01. The van der Waals surface area contributed by atoms with Gasteiger partial charge in [0.2, 0.25) is 0 Å². The van der Waals surface area contributed by atoms with E-state index in [4.69, 9.17) is 9.47 Å². The predicted octanol–water partition coefficient (Wildman–Crippen LogP) is 4.32. The van der Waals surface area contributed by atoms with Crippen LogP contribution in [0.2, 0.25) is 0 Å². The number of methoxy groups -OCH3 is 1. The summed E-state index contributed by atoms with van der Waals surface area (Å²) >= 11 is 0. The molecule has 134 valence electrons. The molecule has 0 aliphatic carbocycles. The van der Waals surface area contributed by atoms with Crippen LogP contribution in [0, 0.1) is 0 Å². The van der Waals surface area contributed by atoms with Gasteiger partial charge in [0.1, 0.15) is 11.5 Å². The Balaban J connectivity index is 1.66. The van der Waals surface area contributed by atoms with Gasteiger partial charge in [-0.15, -0.1) is 0 Å². The summed E-state index contributed by atoms with van der Waals surface area (Å²) in [6, 6.07) is 21.5. The van der Waals surface area contributed by atoms with E-state index in [9.17, 15) is 4.79 Å². The number of nitrogens with one attached hydrogen (secondary N) is 1. The number of carbonyl (C=O) groups excluding carboxylic acids is 1. The van der Waals surface area contributed by atoms with Crippen LogP contribution in [0.4, 0.5) is 0 Å². The Hall–Kier alpha value is -3.01. The summed E-state index contributed by atoms with van der Waals surface area (Å²) in [5.74, 6) is 1.41. The Morgan fingerprint density at radius 1 is 1.00 bits per heavy atom. The van der Waals surface area contributed by atoms with E-state index in [2.05, 4.69) is 5.32 Å². The van der Waals surface area contributed by atoms with Crippen molar-refractivity contribution in [3.8, 4) is 11.5 Å². The lowest BCUT2D eigenvalue weighted by Gasteiger charge is -2.18. The van der Waals surface area contributed by atoms with Crippen LogP contribution in [0.5, 0.6) is 11.5 Å². The second-order valence-corrected chi connectivity index (χ2v) is 6.06. The van der Waals surface area contributed by atoms with E-state index in [0.29, 0.717) is 13.0 Å². The Morgan fingerprint density at radius 3 is 2.46 bits per heavy atom. The molecular formula is C22H23NO3. The van der Waals surface area contributed by atoms with Gasteiger partial charge in [0, 0.05) is 11.9 Å². The molecule has 0 saturated carbocycles. The van der Waals surface area contributed by atoms with Crippen LogP contribution < -0.4 is 14.8 Å². The van der Waals surface area contributed by atoms with E-state index < -0.39 is 6.10 Å². The first-order chi connectivity index (χ1) is 12.7. The number of hydrogen-bond donors (Lipinski definition) is 1. The van der Waals surface area contributed by atoms with Crippen molar-refractivity contribution in [2.24, 2.45) is 0 Å². The van der Waals surface area contributed by atoms with Crippen LogP contribution in [0.25, 0.3) is 10.8 Å². The molecule has 0 spiro atoms. The topological polar surface area (TPSA) is 47.6 Å². The van der Waals surface area contributed by atoms with Crippen molar-refractivity contribution in [3.63, 3.8) is 0 Å². The summed E-state index contributed by atoms with van der Waals surface area (Å²) in [5, 5.41) is 5.06. The fourth-order valence-electron chi connectivity index (χ4n) is 2.82. The van der Waals surface area contributed by atoms with Crippen LogP contribution in [0.1, 0.15) is 18.9 Å². The molecule has 3 rings (SSSR count). The van der Waals surface area contributed by atoms with Crippen LogP contribution in [-0.4, -0.2) is 19.1 Å². The van der Waals surface area contributed by atoms with E-state index in [1.807, 2.05) is 73.7 Å². The fraction of sp³-hybridized carbons (Fsp3) is 0.227. The Bertz CT molecular complexity index is 869. The van der Waals surface area contributed by atoms with E-state index in [1.165, 1.54) is 0 Å². The molecule has 3 aromatic carbocycles. The van der Waals surface area contributed by atoms with Crippen molar-refractivity contribution in [1.82, 2.24) is 5.32 Å². The average Bonchev–Trinajstić information content (AvgIpc) is 2.70. The molecule has 0 heterocycles. The molecule has 0 aromatic heterocycles. The maximum Gasteiger partial charge on any atom is 0.261 e. The van der Waals surface area contributed by atoms with Gasteiger partial charge in [0.15, 0.2) is 6.10 Å². The van der Waals surface area contributed by atoms with Gasteiger partial charge < -0.3 is 14.8 Å². The first-order valence-electron chi connectivity index (χ1n) is 8.76. The largest absolute Gasteiger partial charge is 0.497 e. The minimum Gasteiger partial charge on any atom is -0.497 e. The molecule has 4 nitrogen and oxygen atoms in total. The molecule has 4 heteroatoms. The zero-order chi connectivity index (χ0) is 18.4. The van der Waals surface area contributed by atoms with Gasteiger partial charge in [-0.05, 0) is 35.6 Å². The van der Waals surface area contributed by atoms with Gasteiger partial charge in [-0.25, -0.2) is 0 Å². The normalized spacial score (nSPS) is 11.8. The number of ether oxygens (including phenoxy) is 2. The highest BCUT2D eigenvalue weighted by Crippen LogP contribution is 2.26. The van der Waals surface area contributed by atoms with Crippen molar-refractivity contribution in [1.29, 1.82) is 0 Å². The number of fused-ring (bicyclic) bond motifs is 1. The highest BCUT2D eigenvalue weighted by Gasteiger charge is 2.19. The smallest absolute Gasteiger partial charge is 0.261 e. The molecule has 0 unspecified atom stereocenters. The number of carbonyl (C=O) groups is 1. The lowest BCUT2D eigenvalue weighted by atomic mass is 10.1. The number of hydrogen-bond acceptors (Lipinski definition) is 3. The molecule has 3 aromatic rings. The Morgan fingerprint density at radius 2 is 1.73 bits per heavy atom. The molecule has 1 N–H and O–H groups in total. The quantitative estimate of drug-likeness (QED) is 0.691. The van der Waals surface area contributed by atoms with Crippen molar-refractivity contribution >= 4 is 16.7 Å². The standard InChI is InChI=1S/C22H23NO3/c1-3-20(22(24)23-15-16-11-13-18(25-2)14-12-16)26-21-10-6-8-17-7-4-5-9-19(17)21/h4-14,20H,3,15H2,1-2H3,(H,23,24)/t20-/m0/s1. The third kappa shape index (κ3) is 4.14. The van der Waals surface area contributed by atoms with Crippen LogP contribution in [0.15, 0.2) is 66.7 Å². The van der Waals surface area contributed by atoms with Crippen molar-refractivity contribution in [2.75, 3.05) is 7.11 Å². The second-order valence-electron chi connectivity index (χ2n) is 6.06. The molecule has 0 aliphatic rings.